The molecule has 0 aliphatic heterocycles. The molecule has 0 saturated heterocycles. The van der Waals surface area contributed by atoms with Gasteiger partial charge in [0.2, 0.25) is 5.91 Å². The number of hydrogen-bond acceptors (Lipinski definition) is 3. The first-order valence-corrected chi connectivity index (χ1v) is 10.9. The number of rotatable bonds is 6. The van der Waals surface area contributed by atoms with Crippen LogP contribution in [0.2, 0.25) is 5.02 Å². The molecule has 1 amide bonds. The Hall–Kier alpha value is -2.90. The fourth-order valence-corrected chi connectivity index (χ4v) is 4.36. The van der Waals surface area contributed by atoms with E-state index in [0.29, 0.717) is 5.02 Å². The summed E-state index contributed by atoms with van der Waals surface area (Å²) in [4.78, 5) is 12.6. The van der Waals surface area contributed by atoms with Crippen LogP contribution < -0.4 is 9.62 Å². The van der Waals surface area contributed by atoms with Crippen LogP contribution in [0.1, 0.15) is 11.1 Å². The number of halogens is 2. The minimum atomic E-state index is -4.08. The minimum Gasteiger partial charge on any atom is -0.322 e. The molecule has 5 nitrogen and oxygen atoms in total. The van der Waals surface area contributed by atoms with E-state index in [1.807, 2.05) is 6.92 Å². The van der Waals surface area contributed by atoms with Crippen LogP contribution in [-0.4, -0.2) is 20.9 Å². The van der Waals surface area contributed by atoms with Gasteiger partial charge in [-0.2, -0.15) is 0 Å². The lowest BCUT2D eigenvalue weighted by Gasteiger charge is -2.24. The van der Waals surface area contributed by atoms with Crippen LogP contribution in [0.3, 0.4) is 0 Å². The van der Waals surface area contributed by atoms with Crippen molar-refractivity contribution >= 4 is 38.9 Å². The maximum Gasteiger partial charge on any atom is 0.264 e. The summed E-state index contributed by atoms with van der Waals surface area (Å²) in [6, 6.07) is 16.7. The Bertz CT molecular complexity index is 1180. The number of nitrogens with one attached hydrogen (secondary N) is 1. The zero-order valence-electron chi connectivity index (χ0n) is 16.4. The standard InChI is InChI=1S/C22H20ClFN2O3S/c1-15-7-11-18(12-8-15)30(28,29)26(17-10-9-16(2)19(23)13-17)14-22(27)25-21-6-4-3-5-20(21)24/h3-13H,14H2,1-2H3,(H,25,27). The topological polar surface area (TPSA) is 66.5 Å². The van der Waals surface area contributed by atoms with E-state index in [1.165, 1.54) is 36.4 Å². The van der Waals surface area contributed by atoms with Crippen LogP contribution in [0.4, 0.5) is 15.8 Å². The first-order chi connectivity index (χ1) is 14.2. The molecule has 1 N–H and O–H groups in total. The van der Waals surface area contributed by atoms with Crippen molar-refractivity contribution in [2.75, 3.05) is 16.2 Å². The first kappa shape index (κ1) is 21.8. The Morgan fingerprint density at radius 3 is 2.33 bits per heavy atom. The lowest BCUT2D eigenvalue weighted by molar-refractivity contribution is -0.114. The second-order valence-corrected chi connectivity index (χ2v) is 9.06. The molecule has 0 aromatic heterocycles. The van der Waals surface area contributed by atoms with Gasteiger partial charge in [-0.15, -0.1) is 0 Å². The van der Waals surface area contributed by atoms with Gasteiger partial charge in [-0.1, -0.05) is 47.5 Å². The fourth-order valence-electron chi connectivity index (χ4n) is 2.77. The highest BCUT2D eigenvalue weighted by molar-refractivity contribution is 7.92. The minimum absolute atomic E-state index is 0.0304. The number of nitrogens with zero attached hydrogens (tertiary/aromatic N) is 1. The molecule has 0 atom stereocenters. The van der Waals surface area contributed by atoms with Gasteiger partial charge in [-0.05, 0) is 55.8 Å². The van der Waals surface area contributed by atoms with Gasteiger partial charge >= 0.3 is 0 Å². The van der Waals surface area contributed by atoms with E-state index in [2.05, 4.69) is 5.32 Å². The number of para-hydroxylation sites is 1. The van der Waals surface area contributed by atoms with Crippen LogP contribution >= 0.6 is 11.6 Å². The van der Waals surface area contributed by atoms with Crippen molar-refractivity contribution < 1.29 is 17.6 Å². The molecule has 0 aliphatic rings. The normalized spacial score (nSPS) is 11.2. The second kappa shape index (κ2) is 8.85. The average Bonchev–Trinajstić information content (AvgIpc) is 2.70. The molecule has 0 bridgehead atoms. The number of carbonyl (C=O) groups is 1. The van der Waals surface area contributed by atoms with Crippen LogP contribution in [0.5, 0.6) is 0 Å². The third-order valence-electron chi connectivity index (χ3n) is 4.49. The number of hydrogen-bond donors (Lipinski definition) is 1. The van der Waals surface area contributed by atoms with Gasteiger partial charge in [0.15, 0.2) is 0 Å². The molecule has 8 heteroatoms. The van der Waals surface area contributed by atoms with Gasteiger partial charge in [0.1, 0.15) is 12.4 Å². The molecule has 156 valence electrons. The zero-order valence-corrected chi connectivity index (χ0v) is 18.0. The van der Waals surface area contributed by atoms with E-state index < -0.39 is 28.3 Å². The van der Waals surface area contributed by atoms with Crippen LogP contribution in [-0.2, 0) is 14.8 Å². The smallest absolute Gasteiger partial charge is 0.264 e. The van der Waals surface area contributed by atoms with E-state index in [0.717, 1.165) is 15.4 Å². The lowest BCUT2D eigenvalue weighted by atomic mass is 10.2. The summed E-state index contributed by atoms with van der Waals surface area (Å²) in [5.41, 5.74) is 1.87. The van der Waals surface area contributed by atoms with Crippen molar-refractivity contribution in [1.29, 1.82) is 0 Å². The Labute approximate surface area is 180 Å². The monoisotopic (exact) mass is 446 g/mol. The predicted octanol–water partition coefficient (Wildman–Crippen LogP) is 4.93. The number of amides is 1. The molecule has 3 aromatic rings. The van der Waals surface area contributed by atoms with Gasteiger partial charge in [-0.3, -0.25) is 9.10 Å². The highest BCUT2D eigenvalue weighted by Crippen LogP contribution is 2.28. The van der Waals surface area contributed by atoms with Gasteiger partial charge in [0.05, 0.1) is 16.3 Å². The summed E-state index contributed by atoms with van der Waals surface area (Å²) in [5, 5.41) is 2.78. The second-order valence-electron chi connectivity index (χ2n) is 6.79. The van der Waals surface area contributed by atoms with Crippen molar-refractivity contribution in [2.45, 2.75) is 18.7 Å². The van der Waals surface area contributed by atoms with E-state index in [-0.39, 0.29) is 16.3 Å². The number of anilines is 2. The van der Waals surface area contributed by atoms with Gasteiger partial charge in [0, 0.05) is 5.02 Å². The molecule has 0 spiro atoms. The SMILES string of the molecule is Cc1ccc(S(=O)(=O)N(CC(=O)Nc2ccccc2F)c2ccc(C)c(Cl)c2)cc1. The molecule has 3 rings (SSSR count). The molecule has 30 heavy (non-hydrogen) atoms. The molecule has 0 saturated carbocycles. The Balaban J connectivity index is 1.99. The number of carbonyl (C=O) groups excluding carboxylic acids is 1. The van der Waals surface area contributed by atoms with Crippen LogP contribution in [0, 0.1) is 19.7 Å². The van der Waals surface area contributed by atoms with Crippen molar-refractivity contribution in [2.24, 2.45) is 0 Å². The molecular formula is C22H20ClFN2O3S. The summed E-state index contributed by atoms with van der Waals surface area (Å²) in [5.74, 6) is -1.30. The molecule has 0 fully saturated rings. The van der Waals surface area contributed by atoms with Gasteiger partial charge in [-0.25, -0.2) is 12.8 Å². The van der Waals surface area contributed by atoms with E-state index in [1.54, 1.807) is 37.3 Å². The zero-order chi connectivity index (χ0) is 21.9. The quantitative estimate of drug-likeness (QED) is 0.583. The van der Waals surface area contributed by atoms with Crippen LogP contribution in [0.15, 0.2) is 71.6 Å². The molecular weight excluding hydrogens is 427 g/mol. The number of benzene rings is 3. The van der Waals surface area contributed by atoms with E-state index in [9.17, 15) is 17.6 Å². The number of aryl methyl sites for hydroxylation is 2. The van der Waals surface area contributed by atoms with Gasteiger partial charge < -0.3 is 5.32 Å². The maximum atomic E-state index is 13.9. The Kier molecular flexibility index (Phi) is 6.43. The summed E-state index contributed by atoms with van der Waals surface area (Å²) in [7, 11) is -4.08. The van der Waals surface area contributed by atoms with E-state index in [4.69, 9.17) is 11.6 Å². The third kappa shape index (κ3) is 4.80. The number of sulfonamides is 1. The fraction of sp³-hybridized carbons (Fsp3) is 0.136. The summed E-state index contributed by atoms with van der Waals surface area (Å²) in [6.45, 7) is 3.08. The predicted molar refractivity (Wildman–Crippen MR) is 117 cm³/mol. The Morgan fingerprint density at radius 2 is 1.70 bits per heavy atom. The van der Waals surface area contributed by atoms with Crippen LogP contribution in [0.25, 0.3) is 0 Å². The third-order valence-corrected chi connectivity index (χ3v) is 6.68. The largest absolute Gasteiger partial charge is 0.322 e. The Morgan fingerprint density at radius 1 is 1.03 bits per heavy atom. The highest BCUT2D eigenvalue weighted by Gasteiger charge is 2.28. The molecule has 0 radical (unpaired) electrons. The highest BCUT2D eigenvalue weighted by atomic mass is 35.5. The van der Waals surface area contributed by atoms with Gasteiger partial charge in [0.25, 0.3) is 10.0 Å². The molecule has 0 aliphatic carbocycles. The molecule has 0 unspecified atom stereocenters. The summed E-state index contributed by atoms with van der Waals surface area (Å²) < 4.78 is 41.5. The first-order valence-electron chi connectivity index (χ1n) is 9.08. The lowest BCUT2D eigenvalue weighted by Crippen LogP contribution is -2.38. The molecule has 3 aromatic carbocycles. The van der Waals surface area contributed by atoms with Crippen molar-refractivity contribution in [1.82, 2.24) is 0 Å². The average molecular weight is 447 g/mol. The van der Waals surface area contributed by atoms with Crippen molar-refractivity contribution in [3.63, 3.8) is 0 Å². The van der Waals surface area contributed by atoms with Crippen molar-refractivity contribution in [3.05, 3.63) is 88.7 Å². The summed E-state index contributed by atoms with van der Waals surface area (Å²) >= 11 is 6.19. The maximum absolute atomic E-state index is 13.9. The molecule has 0 heterocycles. The summed E-state index contributed by atoms with van der Waals surface area (Å²) in [6.07, 6.45) is 0. The van der Waals surface area contributed by atoms with E-state index >= 15 is 0 Å². The van der Waals surface area contributed by atoms with Crippen molar-refractivity contribution in [3.8, 4) is 0 Å².